The number of anilines is 1. The van der Waals surface area contributed by atoms with Gasteiger partial charge in [-0.25, -0.2) is 5.01 Å². The Kier molecular flexibility index (Phi) is 3.78. The third-order valence-electron chi connectivity index (χ3n) is 6.42. The Morgan fingerprint density at radius 3 is 2.68 bits per heavy atom. The number of aryl methyl sites for hydroxylation is 1. The molecule has 5 nitrogen and oxygen atoms in total. The van der Waals surface area contributed by atoms with Crippen LogP contribution in [0.1, 0.15) is 34.7 Å². The van der Waals surface area contributed by atoms with E-state index in [1.165, 1.54) is 0 Å². The van der Waals surface area contributed by atoms with E-state index in [1.54, 1.807) is 11.9 Å². The van der Waals surface area contributed by atoms with Crippen LogP contribution in [0.25, 0.3) is 0 Å². The third-order valence-corrected chi connectivity index (χ3v) is 6.67. The van der Waals surface area contributed by atoms with Gasteiger partial charge in [-0.15, -0.1) is 0 Å². The number of carbonyl (C=O) groups excluding carboxylic acids is 1. The number of rotatable bonds is 1. The Labute approximate surface area is 185 Å². The van der Waals surface area contributed by atoms with E-state index in [0.717, 1.165) is 39.4 Å². The van der Waals surface area contributed by atoms with E-state index >= 15 is 0 Å². The minimum atomic E-state index is -1.32. The normalized spacial score (nSPS) is 23.4. The van der Waals surface area contributed by atoms with Crippen molar-refractivity contribution in [2.24, 2.45) is 5.10 Å². The topological polar surface area (TPSA) is 45.1 Å². The van der Waals surface area contributed by atoms with E-state index in [2.05, 4.69) is 6.07 Å². The van der Waals surface area contributed by atoms with Crippen molar-refractivity contribution in [3.05, 3.63) is 94.0 Å². The number of carbonyl (C=O) groups is 1. The summed E-state index contributed by atoms with van der Waals surface area (Å²) in [6, 6.07) is 21.6. The highest BCUT2D eigenvalue weighted by Crippen LogP contribution is 2.55. The number of likely N-dealkylation sites (N-methyl/N-ethyl adjacent to an activating group) is 1. The van der Waals surface area contributed by atoms with Gasteiger partial charge in [0.2, 0.25) is 0 Å². The first-order valence-corrected chi connectivity index (χ1v) is 10.7. The number of fused-ring (bicyclic) bond motifs is 6. The molecule has 3 aromatic carbocycles. The van der Waals surface area contributed by atoms with Crippen molar-refractivity contribution in [3.8, 4) is 5.75 Å². The monoisotopic (exact) mass is 429 g/mol. The molecule has 3 aliphatic rings. The minimum Gasteiger partial charge on any atom is -0.453 e. The van der Waals surface area contributed by atoms with Gasteiger partial charge < -0.3 is 9.64 Å². The molecule has 6 rings (SSSR count). The van der Waals surface area contributed by atoms with Gasteiger partial charge in [-0.05, 0) is 42.8 Å². The molecule has 1 amide bonds. The lowest BCUT2D eigenvalue weighted by Gasteiger charge is -2.44. The fourth-order valence-electron chi connectivity index (χ4n) is 4.90. The molecule has 3 heterocycles. The first-order chi connectivity index (χ1) is 15.0. The zero-order chi connectivity index (χ0) is 21.3. The molecule has 1 spiro atoms. The summed E-state index contributed by atoms with van der Waals surface area (Å²) in [5.74, 6) is 0.598. The van der Waals surface area contributed by atoms with E-state index in [0.29, 0.717) is 11.4 Å². The standard InChI is InChI=1S/C25H20ClN3O2/c1-15-7-12-21-19(13-15)25(24(30)28(21)2)29-22(18-5-3-4-6-23(18)31-25)14-20(27-29)16-8-10-17(26)11-9-16/h3-13,22H,14H2,1-2H3/t22-,25+/m1/s1. The Bertz CT molecular complexity index is 1270. The summed E-state index contributed by atoms with van der Waals surface area (Å²) in [7, 11) is 1.80. The molecular weight excluding hydrogens is 410 g/mol. The number of hydrazone groups is 1. The van der Waals surface area contributed by atoms with Crippen LogP contribution >= 0.6 is 11.6 Å². The molecule has 0 saturated heterocycles. The molecule has 3 aliphatic heterocycles. The third kappa shape index (κ3) is 2.44. The predicted molar refractivity (Wildman–Crippen MR) is 121 cm³/mol. The molecule has 6 heteroatoms. The van der Waals surface area contributed by atoms with Crippen LogP contribution < -0.4 is 9.64 Å². The van der Waals surface area contributed by atoms with E-state index < -0.39 is 5.72 Å². The molecule has 31 heavy (non-hydrogen) atoms. The van der Waals surface area contributed by atoms with Crippen molar-refractivity contribution in [1.82, 2.24) is 5.01 Å². The molecule has 0 saturated carbocycles. The quantitative estimate of drug-likeness (QED) is 0.545. The van der Waals surface area contributed by atoms with E-state index in [-0.39, 0.29) is 11.9 Å². The average molecular weight is 430 g/mol. The second kappa shape index (κ2) is 6.34. The van der Waals surface area contributed by atoms with Crippen molar-refractivity contribution in [2.45, 2.75) is 25.1 Å². The van der Waals surface area contributed by atoms with E-state index in [9.17, 15) is 4.79 Å². The summed E-state index contributed by atoms with van der Waals surface area (Å²) in [6.45, 7) is 2.03. The van der Waals surface area contributed by atoms with Gasteiger partial charge in [0, 0.05) is 24.1 Å². The number of benzene rings is 3. The van der Waals surface area contributed by atoms with Gasteiger partial charge in [0.1, 0.15) is 5.75 Å². The molecule has 0 fully saturated rings. The van der Waals surface area contributed by atoms with Gasteiger partial charge in [-0.1, -0.05) is 53.6 Å². The van der Waals surface area contributed by atoms with Crippen LogP contribution in [0.5, 0.6) is 5.75 Å². The molecule has 3 aromatic rings. The highest BCUT2D eigenvalue weighted by atomic mass is 35.5. The largest absolute Gasteiger partial charge is 0.453 e. The second-order valence-electron chi connectivity index (χ2n) is 8.29. The smallest absolute Gasteiger partial charge is 0.306 e. The van der Waals surface area contributed by atoms with Crippen molar-refractivity contribution < 1.29 is 9.53 Å². The zero-order valence-corrected chi connectivity index (χ0v) is 17.9. The maximum Gasteiger partial charge on any atom is 0.306 e. The summed E-state index contributed by atoms with van der Waals surface area (Å²) in [5.41, 5.74) is 4.39. The summed E-state index contributed by atoms with van der Waals surface area (Å²) in [5, 5.41) is 7.55. The molecule has 0 N–H and O–H groups in total. The molecule has 0 aliphatic carbocycles. The highest BCUT2D eigenvalue weighted by Gasteiger charge is 2.62. The Morgan fingerprint density at radius 1 is 1.10 bits per heavy atom. The predicted octanol–water partition coefficient (Wildman–Crippen LogP) is 5.02. The number of para-hydroxylation sites is 1. The number of hydrogen-bond acceptors (Lipinski definition) is 4. The first-order valence-electron chi connectivity index (χ1n) is 10.3. The van der Waals surface area contributed by atoms with Crippen LogP contribution in [-0.2, 0) is 10.5 Å². The molecule has 0 radical (unpaired) electrons. The minimum absolute atomic E-state index is 0.0977. The lowest BCUT2D eigenvalue weighted by atomic mass is 9.92. The van der Waals surface area contributed by atoms with Gasteiger partial charge >= 0.3 is 5.72 Å². The maximum atomic E-state index is 13.8. The Hall–Kier alpha value is -3.31. The van der Waals surface area contributed by atoms with Crippen LogP contribution in [0.3, 0.4) is 0 Å². The fourth-order valence-corrected chi connectivity index (χ4v) is 5.03. The number of hydrogen-bond donors (Lipinski definition) is 0. The van der Waals surface area contributed by atoms with Crippen LogP contribution in [0.2, 0.25) is 5.02 Å². The van der Waals surface area contributed by atoms with Crippen LogP contribution in [0, 0.1) is 6.92 Å². The summed E-state index contributed by atoms with van der Waals surface area (Å²) in [6.07, 6.45) is 0.682. The van der Waals surface area contributed by atoms with Crippen molar-refractivity contribution >= 4 is 28.9 Å². The van der Waals surface area contributed by atoms with Gasteiger partial charge in [-0.3, -0.25) is 4.79 Å². The van der Waals surface area contributed by atoms with Crippen molar-refractivity contribution in [3.63, 3.8) is 0 Å². The SMILES string of the molecule is Cc1ccc2c(c1)[C@]1(Oc3ccccc3[C@H]3CC(c4ccc(Cl)cc4)=NN31)C(=O)N2C. The van der Waals surface area contributed by atoms with Crippen molar-refractivity contribution in [2.75, 3.05) is 11.9 Å². The molecule has 0 bridgehead atoms. The number of nitrogens with zero attached hydrogens (tertiary/aromatic N) is 3. The van der Waals surface area contributed by atoms with Crippen molar-refractivity contribution in [1.29, 1.82) is 0 Å². The summed E-state index contributed by atoms with van der Waals surface area (Å²) >= 11 is 6.09. The first kappa shape index (κ1) is 18.5. The maximum absolute atomic E-state index is 13.8. The van der Waals surface area contributed by atoms with E-state index in [4.69, 9.17) is 21.4 Å². The molecular formula is C25H20ClN3O2. The highest BCUT2D eigenvalue weighted by molar-refractivity contribution is 6.30. The van der Waals surface area contributed by atoms with Gasteiger partial charge in [0.25, 0.3) is 5.91 Å². The molecule has 154 valence electrons. The average Bonchev–Trinajstić information content (AvgIpc) is 3.31. The number of ether oxygens (including phenoxy) is 1. The fraction of sp³-hybridized carbons (Fsp3) is 0.200. The summed E-state index contributed by atoms with van der Waals surface area (Å²) < 4.78 is 6.57. The molecule has 2 atom stereocenters. The Balaban J connectivity index is 1.59. The number of halogens is 1. The second-order valence-corrected chi connectivity index (χ2v) is 8.72. The zero-order valence-electron chi connectivity index (χ0n) is 17.2. The van der Waals surface area contributed by atoms with E-state index in [1.807, 2.05) is 72.6 Å². The van der Waals surface area contributed by atoms with Crippen LogP contribution in [0.4, 0.5) is 5.69 Å². The number of amides is 1. The molecule has 0 unspecified atom stereocenters. The Morgan fingerprint density at radius 2 is 1.87 bits per heavy atom. The van der Waals surface area contributed by atoms with Gasteiger partial charge in [0.15, 0.2) is 0 Å². The lowest BCUT2D eigenvalue weighted by Crippen LogP contribution is -2.56. The summed E-state index contributed by atoms with van der Waals surface area (Å²) in [4.78, 5) is 15.4. The van der Waals surface area contributed by atoms with Crippen LogP contribution in [-0.4, -0.2) is 23.7 Å². The molecule has 0 aromatic heterocycles. The van der Waals surface area contributed by atoms with Gasteiger partial charge in [-0.2, -0.15) is 5.10 Å². The van der Waals surface area contributed by atoms with Crippen LogP contribution in [0.15, 0.2) is 71.8 Å². The van der Waals surface area contributed by atoms with Gasteiger partial charge in [0.05, 0.1) is 23.0 Å². The lowest BCUT2D eigenvalue weighted by molar-refractivity contribution is -0.163.